The van der Waals surface area contributed by atoms with Crippen LogP contribution < -0.4 is 0 Å². The molecule has 0 unspecified atom stereocenters. The number of ether oxygens (including phenoxy) is 1. The summed E-state index contributed by atoms with van der Waals surface area (Å²) in [5.41, 5.74) is 0.991. The molecule has 0 aromatic heterocycles. The lowest BCUT2D eigenvalue weighted by molar-refractivity contribution is -0.138. The SMILES string of the molecule is O=C(N1C[C@H]2C[C@H]1CO2)C1(c2ccccc2)CC1. The number of amides is 1. The van der Waals surface area contributed by atoms with Crippen LogP contribution in [0, 0.1) is 0 Å². The van der Waals surface area contributed by atoms with Gasteiger partial charge in [0.05, 0.1) is 24.2 Å². The van der Waals surface area contributed by atoms with Crippen molar-refractivity contribution in [1.82, 2.24) is 4.90 Å². The summed E-state index contributed by atoms with van der Waals surface area (Å²) < 4.78 is 5.58. The van der Waals surface area contributed by atoms with Crippen molar-refractivity contribution in [3.63, 3.8) is 0 Å². The fourth-order valence-corrected chi connectivity index (χ4v) is 3.43. The van der Waals surface area contributed by atoms with E-state index in [2.05, 4.69) is 17.0 Å². The second-order valence-electron chi connectivity index (χ2n) is 5.75. The van der Waals surface area contributed by atoms with Crippen LogP contribution in [0.15, 0.2) is 30.3 Å². The Morgan fingerprint density at radius 1 is 1.28 bits per heavy atom. The maximum atomic E-state index is 12.8. The molecule has 3 fully saturated rings. The van der Waals surface area contributed by atoms with Crippen molar-refractivity contribution in [3.8, 4) is 0 Å². The molecule has 0 spiro atoms. The Labute approximate surface area is 107 Å². The molecule has 1 aromatic rings. The van der Waals surface area contributed by atoms with Crippen LogP contribution in [0.4, 0.5) is 0 Å². The van der Waals surface area contributed by atoms with Gasteiger partial charge < -0.3 is 9.64 Å². The third kappa shape index (κ3) is 1.37. The van der Waals surface area contributed by atoms with Gasteiger partial charge in [0.25, 0.3) is 0 Å². The smallest absolute Gasteiger partial charge is 0.233 e. The number of likely N-dealkylation sites (tertiary alicyclic amines) is 1. The highest BCUT2D eigenvalue weighted by molar-refractivity contribution is 5.91. The number of nitrogens with zero attached hydrogens (tertiary/aromatic N) is 1. The maximum Gasteiger partial charge on any atom is 0.233 e. The Balaban J connectivity index is 1.62. The minimum atomic E-state index is -0.203. The fraction of sp³-hybridized carbons (Fsp3) is 0.533. The number of benzene rings is 1. The highest BCUT2D eigenvalue weighted by atomic mass is 16.5. The number of rotatable bonds is 2. The predicted molar refractivity (Wildman–Crippen MR) is 67.2 cm³/mol. The van der Waals surface area contributed by atoms with Crippen LogP contribution in [-0.4, -0.2) is 36.1 Å². The van der Waals surface area contributed by atoms with Gasteiger partial charge in [0, 0.05) is 6.54 Å². The van der Waals surface area contributed by atoms with Crippen molar-refractivity contribution in [1.29, 1.82) is 0 Å². The lowest BCUT2D eigenvalue weighted by Gasteiger charge is -2.30. The standard InChI is InChI=1S/C15H17NO2/c17-14(16-9-13-8-12(16)10-18-13)15(6-7-15)11-4-2-1-3-5-11/h1-5,12-13H,6-10H2/t12-,13+/m0/s1. The minimum absolute atomic E-state index is 0.203. The second kappa shape index (κ2) is 3.58. The lowest BCUT2D eigenvalue weighted by Crippen LogP contribution is -2.46. The average Bonchev–Trinajstić information content (AvgIpc) is 2.97. The van der Waals surface area contributed by atoms with E-state index >= 15 is 0 Å². The molecule has 1 aromatic carbocycles. The van der Waals surface area contributed by atoms with E-state index in [1.54, 1.807) is 0 Å². The molecule has 3 aliphatic rings. The quantitative estimate of drug-likeness (QED) is 0.791. The first-order valence-corrected chi connectivity index (χ1v) is 6.78. The van der Waals surface area contributed by atoms with Crippen LogP contribution in [0.1, 0.15) is 24.8 Å². The molecule has 0 radical (unpaired) electrons. The molecule has 2 atom stereocenters. The number of carbonyl (C=O) groups is 1. The summed E-state index contributed by atoms with van der Waals surface area (Å²) in [5, 5.41) is 0. The largest absolute Gasteiger partial charge is 0.374 e. The van der Waals surface area contributed by atoms with E-state index in [4.69, 9.17) is 4.74 Å². The lowest BCUT2D eigenvalue weighted by atomic mass is 9.94. The first kappa shape index (κ1) is 10.6. The van der Waals surface area contributed by atoms with Crippen molar-refractivity contribution in [2.75, 3.05) is 13.2 Å². The van der Waals surface area contributed by atoms with Gasteiger partial charge in [-0.3, -0.25) is 4.79 Å². The summed E-state index contributed by atoms with van der Waals surface area (Å²) in [6, 6.07) is 10.6. The topological polar surface area (TPSA) is 29.5 Å². The minimum Gasteiger partial charge on any atom is -0.374 e. The van der Waals surface area contributed by atoms with Crippen LogP contribution in [0.5, 0.6) is 0 Å². The maximum absolute atomic E-state index is 12.8. The zero-order chi connectivity index (χ0) is 12.2. The van der Waals surface area contributed by atoms with Gasteiger partial charge in [0.1, 0.15) is 0 Å². The van der Waals surface area contributed by atoms with Crippen molar-refractivity contribution in [2.24, 2.45) is 0 Å². The van der Waals surface area contributed by atoms with Gasteiger partial charge in [-0.05, 0) is 24.8 Å². The molecule has 3 heteroatoms. The number of carbonyl (C=O) groups excluding carboxylic acids is 1. The first-order valence-electron chi connectivity index (χ1n) is 6.78. The normalized spacial score (nSPS) is 31.7. The van der Waals surface area contributed by atoms with Gasteiger partial charge in [-0.1, -0.05) is 30.3 Å². The zero-order valence-corrected chi connectivity index (χ0v) is 10.3. The summed E-state index contributed by atoms with van der Waals surface area (Å²) in [5.74, 6) is 0.338. The zero-order valence-electron chi connectivity index (χ0n) is 10.3. The molecular weight excluding hydrogens is 226 g/mol. The summed E-state index contributed by atoms with van der Waals surface area (Å²) in [6.07, 6.45) is 3.34. The van der Waals surface area contributed by atoms with Crippen molar-refractivity contribution < 1.29 is 9.53 Å². The molecule has 1 saturated carbocycles. The Morgan fingerprint density at radius 2 is 2.06 bits per heavy atom. The van der Waals surface area contributed by atoms with Crippen molar-refractivity contribution in [3.05, 3.63) is 35.9 Å². The summed E-state index contributed by atoms with van der Waals surface area (Å²) in [7, 11) is 0. The Hall–Kier alpha value is -1.35. The van der Waals surface area contributed by atoms with E-state index in [1.807, 2.05) is 18.2 Å². The van der Waals surface area contributed by atoms with Crippen LogP contribution in [0.3, 0.4) is 0 Å². The molecule has 18 heavy (non-hydrogen) atoms. The second-order valence-corrected chi connectivity index (χ2v) is 5.75. The van der Waals surface area contributed by atoms with Crippen LogP contribution in [0.2, 0.25) is 0 Å². The number of morpholine rings is 1. The number of fused-ring (bicyclic) bond motifs is 2. The molecule has 2 heterocycles. The van der Waals surface area contributed by atoms with E-state index in [9.17, 15) is 4.79 Å². The third-order valence-corrected chi connectivity index (χ3v) is 4.65. The van der Waals surface area contributed by atoms with Gasteiger partial charge in [-0.25, -0.2) is 0 Å². The van der Waals surface area contributed by atoms with Crippen LogP contribution in [-0.2, 0) is 14.9 Å². The monoisotopic (exact) mass is 243 g/mol. The van der Waals surface area contributed by atoms with Crippen molar-refractivity contribution >= 4 is 5.91 Å². The summed E-state index contributed by atoms with van der Waals surface area (Å²) in [4.78, 5) is 14.9. The molecule has 94 valence electrons. The summed E-state index contributed by atoms with van der Waals surface area (Å²) >= 11 is 0. The van der Waals surface area contributed by atoms with E-state index in [0.29, 0.717) is 18.1 Å². The fourth-order valence-electron chi connectivity index (χ4n) is 3.43. The molecule has 1 aliphatic carbocycles. The average molecular weight is 243 g/mol. The molecule has 2 saturated heterocycles. The molecular formula is C15H17NO2. The van der Waals surface area contributed by atoms with E-state index in [0.717, 1.165) is 32.4 Å². The van der Waals surface area contributed by atoms with Gasteiger partial charge in [-0.15, -0.1) is 0 Å². The molecule has 4 rings (SSSR count). The van der Waals surface area contributed by atoms with Gasteiger partial charge in [0.2, 0.25) is 5.91 Å². The molecule has 0 N–H and O–H groups in total. The highest BCUT2D eigenvalue weighted by Gasteiger charge is 2.56. The predicted octanol–water partition coefficient (Wildman–Crippen LogP) is 1.72. The number of hydrogen-bond donors (Lipinski definition) is 0. The first-order chi connectivity index (χ1) is 8.79. The molecule has 3 nitrogen and oxygen atoms in total. The van der Waals surface area contributed by atoms with E-state index in [1.165, 1.54) is 5.56 Å². The van der Waals surface area contributed by atoms with Gasteiger partial charge >= 0.3 is 0 Å². The number of hydrogen-bond acceptors (Lipinski definition) is 2. The third-order valence-electron chi connectivity index (χ3n) is 4.65. The molecule has 1 amide bonds. The van der Waals surface area contributed by atoms with Gasteiger partial charge in [-0.2, -0.15) is 0 Å². The Morgan fingerprint density at radius 3 is 2.61 bits per heavy atom. The highest BCUT2D eigenvalue weighted by Crippen LogP contribution is 2.50. The van der Waals surface area contributed by atoms with Crippen LogP contribution in [0.25, 0.3) is 0 Å². The summed E-state index contributed by atoms with van der Waals surface area (Å²) in [6.45, 7) is 1.54. The van der Waals surface area contributed by atoms with E-state index in [-0.39, 0.29) is 5.41 Å². The van der Waals surface area contributed by atoms with Crippen molar-refractivity contribution in [2.45, 2.75) is 36.8 Å². The molecule has 2 bridgehead atoms. The van der Waals surface area contributed by atoms with E-state index < -0.39 is 0 Å². The Kier molecular flexibility index (Phi) is 2.10. The Bertz CT molecular complexity index is 481. The molecule has 2 aliphatic heterocycles. The van der Waals surface area contributed by atoms with Crippen LogP contribution >= 0.6 is 0 Å². The van der Waals surface area contributed by atoms with Gasteiger partial charge in [0.15, 0.2) is 0 Å².